The van der Waals surface area contributed by atoms with Gasteiger partial charge in [-0.15, -0.1) is 0 Å². The third kappa shape index (κ3) is 4.38. The SMILES string of the molecule is Cc1cccc(OCC(=O)Nc2ccc3oc(-c4ccc(F)cc4Cl)nc3c2)c1. The number of ether oxygens (including phenoxy) is 1. The predicted molar refractivity (Wildman–Crippen MR) is 110 cm³/mol. The van der Waals surface area contributed by atoms with Crippen molar-refractivity contribution in [2.75, 3.05) is 11.9 Å². The van der Waals surface area contributed by atoms with Crippen molar-refractivity contribution in [3.05, 3.63) is 77.1 Å². The first-order valence-electron chi connectivity index (χ1n) is 8.83. The number of fused-ring (bicyclic) bond motifs is 1. The van der Waals surface area contributed by atoms with Crippen LogP contribution in [0.5, 0.6) is 5.75 Å². The third-order valence-electron chi connectivity index (χ3n) is 4.19. The smallest absolute Gasteiger partial charge is 0.262 e. The summed E-state index contributed by atoms with van der Waals surface area (Å²) in [5.74, 6) is 0.174. The van der Waals surface area contributed by atoms with E-state index in [0.717, 1.165) is 5.56 Å². The zero-order chi connectivity index (χ0) is 20.4. The van der Waals surface area contributed by atoms with E-state index in [0.29, 0.717) is 28.1 Å². The quantitative estimate of drug-likeness (QED) is 0.464. The van der Waals surface area contributed by atoms with Crippen molar-refractivity contribution in [3.63, 3.8) is 0 Å². The number of hydrogen-bond donors (Lipinski definition) is 1. The Labute approximate surface area is 171 Å². The Bertz CT molecular complexity index is 1210. The van der Waals surface area contributed by atoms with Crippen molar-refractivity contribution in [2.45, 2.75) is 6.92 Å². The number of nitrogens with zero attached hydrogens (tertiary/aromatic N) is 1. The molecule has 4 aromatic rings. The summed E-state index contributed by atoms with van der Waals surface area (Å²) in [6.07, 6.45) is 0. The first kappa shape index (κ1) is 19.0. The van der Waals surface area contributed by atoms with Gasteiger partial charge in [0.2, 0.25) is 5.89 Å². The number of aromatic nitrogens is 1. The van der Waals surface area contributed by atoms with Crippen molar-refractivity contribution < 1.29 is 18.3 Å². The fourth-order valence-corrected chi connectivity index (χ4v) is 3.08. The molecule has 3 aromatic carbocycles. The molecule has 0 spiro atoms. The minimum Gasteiger partial charge on any atom is -0.484 e. The second-order valence-corrected chi connectivity index (χ2v) is 6.89. The van der Waals surface area contributed by atoms with Gasteiger partial charge in [0.25, 0.3) is 5.91 Å². The second-order valence-electron chi connectivity index (χ2n) is 6.48. The molecule has 1 aromatic heterocycles. The van der Waals surface area contributed by atoms with E-state index in [9.17, 15) is 9.18 Å². The first-order chi connectivity index (χ1) is 14.0. The first-order valence-corrected chi connectivity index (χ1v) is 9.21. The number of hydrogen-bond acceptors (Lipinski definition) is 4. The molecule has 5 nitrogen and oxygen atoms in total. The lowest BCUT2D eigenvalue weighted by Crippen LogP contribution is -2.20. The van der Waals surface area contributed by atoms with Crippen LogP contribution in [0.1, 0.15) is 5.56 Å². The number of aryl methyl sites for hydroxylation is 1. The minimum atomic E-state index is -0.437. The zero-order valence-corrected chi connectivity index (χ0v) is 16.2. The molecule has 0 aliphatic rings. The number of benzene rings is 3. The van der Waals surface area contributed by atoms with Gasteiger partial charge in [-0.05, 0) is 61.0 Å². The molecule has 146 valence electrons. The molecule has 0 bridgehead atoms. The van der Waals surface area contributed by atoms with Gasteiger partial charge < -0.3 is 14.5 Å². The summed E-state index contributed by atoms with van der Waals surface area (Å²) < 4.78 is 24.4. The van der Waals surface area contributed by atoms with Gasteiger partial charge >= 0.3 is 0 Å². The van der Waals surface area contributed by atoms with Crippen LogP contribution in [0.2, 0.25) is 5.02 Å². The lowest BCUT2D eigenvalue weighted by molar-refractivity contribution is -0.118. The highest BCUT2D eigenvalue weighted by molar-refractivity contribution is 6.33. The number of nitrogens with one attached hydrogen (secondary N) is 1. The Kier molecular flexibility index (Phi) is 5.18. The van der Waals surface area contributed by atoms with Crippen molar-refractivity contribution in [1.29, 1.82) is 0 Å². The number of halogens is 2. The molecule has 0 radical (unpaired) electrons. The zero-order valence-electron chi connectivity index (χ0n) is 15.4. The van der Waals surface area contributed by atoms with Crippen molar-refractivity contribution in [2.24, 2.45) is 0 Å². The van der Waals surface area contributed by atoms with Crippen LogP contribution in [0.25, 0.3) is 22.6 Å². The van der Waals surface area contributed by atoms with Gasteiger partial charge in [-0.3, -0.25) is 4.79 Å². The topological polar surface area (TPSA) is 64.4 Å². The van der Waals surface area contributed by atoms with Gasteiger partial charge in [-0.1, -0.05) is 23.7 Å². The van der Waals surface area contributed by atoms with Crippen LogP contribution in [-0.4, -0.2) is 17.5 Å². The molecule has 0 unspecified atom stereocenters. The van der Waals surface area contributed by atoms with Crippen LogP contribution in [0.3, 0.4) is 0 Å². The maximum atomic E-state index is 13.2. The van der Waals surface area contributed by atoms with E-state index in [2.05, 4.69) is 10.3 Å². The summed E-state index contributed by atoms with van der Waals surface area (Å²) in [6, 6.07) is 16.5. The van der Waals surface area contributed by atoms with Crippen LogP contribution in [-0.2, 0) is 4.79 Å². The van der Waals surface area contributed by atoms with Crippen LogP contribution in [0.15, 0.2) is 65.1 Å². The Morgan fingerprint density at radius 3 is 2.83 bits per heavy atom. The monoisotopic (exact) mass is 410 g/mol. The van der Waals surface area contributed by atoms with Gasteiger partial charge in [0.1, 0.15) is 17.1 Å². The maximum absolute atomic E-state index is 13.2. The molecular weight excluding hydrogens is 395 g/mol. The number of oxazole rings is 1. The van der Waals surface area contributed by atoms with Gasteiger partial charge in [-0.25, -0.2) is 9.37 Å². The predicted octanol–water partition coefficient (Wildman–Crippen LogP) is 5.61. The van der Waals surface area contributed by atoms with Crippen LogP contribution in [0.4, 0.5) is 10.1 Å². The van der Waals surface area contributed by atoms with Crippen molar-refractivity contribution in [1.82, 2.24) is 4.98 Å². The number of anilines is 1. The lowest BCUT2D eigenvalue weighted by atomic mass is 10.2. The number of carbonyl (C=O) groups is 1. The van der Waals surface area contributed by atoms with E-state index in [-0.39, 0.29) is 23.4 Å². The average Bonchev–Trinajstić information content (AvgIpc) is 3.09. The fourth-order valence-electron chi connectivity index (χ4n) is 2.83. The van der Waals surface area contributed by atoms with Gasteiger partial charge in [0.15, 0.2) is 12.2 Å². The Balaban J connectivity index is 1.48. The number of carbonyl (C=O) groups excluding carboxylic acids is 1. The van der Waals surface area contributed by atoms with E-state index in [4.69, 9.17) is 20.8 Å². The lowest BCUT2D eigenvalue weighted by Gasteiger charge is -2.08. The molecule has 0 aliphatic heterocycles. The van der Waals surface area contributed by atoms with E-state index in [1.807, 2.05) is 25.1 Å². The summed E-state index contributed by atoms with van der Waals surface area (Å²) in [5, 5.41) is 2.97. The van der Waals surface area contributed by atoms with E-state index in [1.165, 1.54) is 18.2 Å². The maximum Gasteiger partial charge on any atom is 0.262 e. The standard InChI is InChI=1S/C22H16ClFN2O3/c1-13-3-2-4-16(9-13)28-12-21(27)25-15-6-8-20-19(11-15)26-22(29-20)17-7-5-14(24)10-18(17)23/h2-11H,12H2,1H3,(H,25,27). The molecule has 1 heterocycles. The Hall–Kier alpha value is -3.38. The van der Waals surface area contributed by atoms with Crippen LogP contribution in [0, 0.1) is 12.7 Å². The molecule has 1 N–H and O–H groups in total. The summed E-state index contributed by atoms with van der Waals surface area (Å²) in [7, 11) is 0. The molecule has 0 saturated carbocycles. The third-order valence-corrected chi connectivity index (χ3v) is 4.51. The Morgan fingerprint density at radius 1 is 1.17 bits per heavy atom. The average molecular weight is 411 g/mol. The van der Waals surface area contributed by atoms with Gasteiger partial charge in [-0.2, -0.15) is 0 Å². The second kappa shape index (κ2) is 7.93. The van der Waals surface area contributed by atoms with E-state index < -0.39 is 5.82 Å². The summed E-state index contributed by atoms with van der Waals surface area (Å²) >= 11 is 6.08. The van der Waals surface area contributed by atoms with Crippen molar-refractivity contribution in [3.8, 4) is 17.2 Å². The highest BCUT2D eigenvalue weighted by Gasteiger charge is 2.13. The molecule has 0 aliphatic carbocycles. The highest BCUT2D eigenvalue weighted by Crippen LogP contribution is 2.31. The fraction of sp³-hybridized carbons (Fsp3) is 0.0909. The summed E-state index contributed by atoms with van der Waals surface area (Å²) in [4.78, 5) is 16.6. The van der Waals surface area contributed by atoms with Crippen LogP contribution < -0.4 is 10.1 Å². The van der Waals surface area contributed by atoms with E-state index in [1.54, 1.807) is 24.3 Å². The van der Waals surface area contributed by atoms with Crippen LogP contribution >= 0.6 is 11.6 Å². The molecule has 7 heteroatoms. The highest BCUT2D eigenvalue weighted by atomic mass is 35.5. The van der Waals surface area contributed by atoms with Gasteiger partial charge in [0.05, 0.1) is 10.6 Å². The summed E-state index contributed by atoms with van der Waals surface area (Å²) in [6.45, 7) is 1.84. The molecule has 1 amide bonds. The summed E-state index contributed by atoms with van der Waals surface area (Å²) in [5.41, 5.74) is 3.16. The van der Waals surface area contributed by atoms with E-state index >= 15 is 0 Å². The largest absolute Gasteiger partial charge is 0.484 e. The molecule has 4 rings (SSSR count). The normalized spacial score (nSPS) is 10.9. The number of rotatable bonds is 5. The van der Waals surface area contributed by atoms with Gasteiger partial charge in [0, 0.05) is 5.69 Å². The van der Waals surface area contributed by atoms with Crippen molar-refractivity contribution >= 4 is 34.3 Å². The molecular formula is C22H16ClFN2O3. The number of amides is 1. The molecule has 0 fully saturated rings. The Morgan fingerprint density at radius 2 is 2.03 bits per heavy atom. The molecule has 0 saturated heterocycles. The molecule has 29 heavy (non-hydrogen) atoms. The molecule has 0 atom stereocenters. The minimum absolute atomic E-state index is 0.114.